The molecule has 0 aliphatic heterocycles. The summed E-state index contributed by atoms with van der Waals surface area (Å²) in [6.07, 6.45) is 0.360. The molecule has 8 heteroatoms. The third-order valence-electron chi connectivity index (χ3n) is 4.35. The van der Waals surface area contributed by atoms with Crippen LogP contribution < -0.4 is 16.0 Å². The molecule has 0 spiro atoms. The first-order chi connectivity index (χ1) is 14.5. The fourth-order valence-electron chi connectivity index (χ4n) is 2.70. The van der Waals surface area contributed by atoms with E-state index in [4.69, 9.17) is 0 Å². The SMILES string of the molecule is CCNC(=NCc1ccc(C(=O)N(C)C)cc1)NCCC(=O)NCc1ccccc1.I. The molecule has 2 rings (SSSR count). The van der Waals surface area contributed by atoms with E-state index in [1.54, 1.807) is 19.0 Å². The number of rotatable bonds is 9. The lowest BCUT2D eigenvalue weighted by Crippen LogP contribution is -2.39. The first kappa shape index (κ1) is 26.4. The van der Waals surface area contributed by atoms with Crippen LogP contribution in [0.2, 0.25) is 0 Å². The highest BCUT2D eigenvalue weighted by Gasteiger charge is 2.07. The quantitative estimate of drug-likeness (QED) is 0.261. The highest BCUT2D eigenvalue weighted by molar-refractivity contribution is 14.0. The van der Waals surface area contributed by atoms with E-state index in [2.05, 4.69) is 20.9 Å². The van der Waals surface area contributed by atoms with Crippen molar-refractivity contribution in [3.05, 3.63) is 71.3 Å². The number of hydrogen-bond donors (Lipinski definition) is 3. The molecule has 2 aromatic rings. The van der Waals surface area contributed by atoms with Gasteiger partial charge in [0.25, 0.3) is 5.91 Å². The first-order valence-corrected chi connectivity index (χ1v) is 10.1. The number of hydrogen-bond acceptors (Lipinski definition) is 3. The lowest BCUT2D eigenvalue weighted by molar-refractivity contribution is -0.121. The molecule has 0 atom stereocenters. The number of amides is 2. The van der Waals surface area contributed by atoms with Crippen molar-refractivity contribution in [2.45, 2.75) is 26.4 Å². The Morgan fingerprint density at radius 3 is 2.19 bits per heavy atom. The first-order valence-electron chi connectivity index (χ1n) is 10.1. The Labute approximate surface area is 201 Å². The summed E-state index contributed by atoms with van der Waals surface area (Å²) < 4.78 is 0. The van der Waals surface area contributed by atoms with Crippen LogP contribution in [0.15, 0.2) is 59.6 Å². The van der Waals surface area contributed by atoms with Crippen molar-refractivity contribution in [2.75, 3.05) is 27.2 Å². The highest BCUT2D eigenvalue weighted by Crippen LogP contribution is 2.07. The van der Waals surface area contributed by atoms with Crippen molar-refractivity contribution in [3.63, 3.8) is 0 Å². The second kappa shape index (κ2) is 14.4. The average molecular weight is 537 g/mol. The van der Waals surface area contributed by atoms with E-state index < -0.39 is 0 Å². The maximum Gasteiger partial charge on any atom is 0.253 e. The van der Waals surface area contributed by atoms with E-state index in [1.807, 2.05) is 61.5 Å². The van der Waals surface area contributed by atoms with Crippen LogP contribution in [0.1, 0.15) is 34.8 Å². The third-order valence-corrected chi connectivity index (χ3v) is 4.35. The molecule has 0 heterocycles. The molecule has 7 nitrogen and oxygen atoms in total. The van der Waals surface area contributed by atoms with Crippen molar-refractivity contribution >= 4 is 41.8 Å². The number of carbonyl (C=O) groups excluding carboxylic acids is 2. The van der Waals surface area contributed by atoms with Crippen molar-refractivity contribution in [1.82, 2.24) is 20.9 Å². The Bertz CT molecular complexity index is 839. The van der Waals surface area contributed by atoms with Gasteiger partial charge in [-0.25, -0.2) is 4.99 Å². The molecular formula is C23H32IN5O2. The van der Waals surface area contributed by atoms with Crippen molar-refractivity contribution in [3.8, 4) is 0 Å². The van der Waals surface area contributed by atoms with E-state index in [0.29, 0.717) is 37.6 Å². The minimum Gasteiger partial charge on any atom is -0.357 e. The van der Waals surface area contributed by atoms with E-state index >= 15 is 0 Å². The average Bonchev–Trinajstić information content (AvgIpc) is 2.76. The predicted molar refractivity (Wildman–Crippen MR) is 136 cm³/mol. The summed E-state index contributed by atoms with van der Waals surface area (Å²) in [4.78, 5) is 30.1. The van der Waals surface area contributed by atoms with Gasteiger partial charge in [0.1, 0.15) is 0 Å². The number of nitrogens with one attached hydrogen (secondary N) is 3. The molecule has 0 unspecified atom stereocenters. The van der Waals surface area contributed by atoms with Gasteiger partial charge < -0.3 is 20.9 Å². The summed E-state index contributed by atoms with van der Waals surface area (Å²) in [5.74, 6) is 0.621. The monoisotopic (exact) mass is 537 g/mol. The minimum atomic E-state index is -0.0226. The van der Waals surface area contributed by atoms with Crippen LogP contribution in [0.4, 0.5) is 0 Å². The van der Waals surface area contributed by atoms with Crippen molar-refractivity contribution < 1.29 is 9.59 Å². The maximum atomic E-state index is 12.0. The fourth-order valence-corrected chi connectivity index (χ4v) is 2.70. The Morgan fingerprint density at radius 2 is 1.58 bits per heavy atom. The van der Waals surface area contributed by atoms with Crippen LogP contribution in [0.25, 0.3) is 0 Å². The van der Waals surface area contributed by atoms with Crippen LogP contribution in [0.5, 0.6) is 0 Å². The molecule has 31 heavy (non-hydrogen) atoms. The molecule has 0 aliphatic carbocycles. The summed E-state index contributed by atoms with van der Waals surface area (Å²) in [7, 11) is 3.47. The van der Waals surface area contributed by atoms with Gasteiger partial charge in [-0.2, -0.15) is 0 Å². The molecule has 0 aromatic heterocycles. The smallest absolute Gasteiger partial charge is 0.253 e. The second-order valence-electron chi connectivity index (χ2n) is 7.03. The normalized spacial score (nSPS) is 10.6. The standard InChI is InChI=1S/C23H31N5O2.HI/c1-4-24-23(25-15-14-21(29)26-16-18-8-6-5-7-9-18)27-17-19-10-12-20(13-11-19)22(30)28(2)3;/h5-13H,4,14-17H2,1-3H3,(H,26,29)(H2,24,25,27);1H. The zero-order valence-corrected chi connectivity index (χ0v) is 20.7. The van der Waals surface area contributed by atoms with Gasteiger partial charge in [-0.3, -0.25) is 9.59 Å². The summed E-state index contributed by atoms with van der Waals surface area (Å²) >= 11 is 0. The third kappa shape index (κ3) is 9.82. The Hall–Kier alpha value is -2.62. The van der Waals surface area contributed by atoms with Gasteiger partial charge in [0.2, 0.25) is 5.91 Å². The van der Waals surface area contributed by atoms with E-state index in [9.17, 15) is 9.59 Å². The van der Waals surface area contributed by atoms with Gasteiger partial charge in [-0.15, -0.1) is 24.0 Å². The predicted octanol–water partition coefficient (Wildman–Crippen LogP) is 2.77. The van der Waals surface area contributed by atoms with Gasteiger partial charge in [0, 0.05) is 45.7 Å². The van der Waals surface area contributed by atoms with E-state index in [1.165, 1.54) is 0 Å². The largest absolute Gasteiger partial charge is 0.357 e. The number of carbonyl (C=O) groups is 2. The van der Waals surface area contributed by atoms with E-state index in [0.717, 1.165) is 17.7 Å². The van der Waals surface area contributed by atoms with Crippen LogP contribution >= 0.6 is 24.0 Å². The minimum absolute atomic E-state index is 0. The molecule has 168 valence electrons. The summed E-state index contributed by atoms with van der Waals surface area (Å²) in [5, 5.41) is 9.27. The second-order valence-corrected chi connectivity index (χ2v) is 7.03. The Kier molecular flexibility index (Phi) is 12.3. The maximum absolute atomic E-state index is 12.0. The zero-order valence-electron chi connectivity index (χ0n) is 18.4. The molecular weight excluding hydrogens is 505 g/mol. The highest BCUT2D eigenvalue weighted by atomic mass is 127. The molecule has 0 radical (unpaired) electrons. The number of guanidine groups is 1. The van der Waals surface area contributed by atoms with Crippen molar-refractivity contribution in [2.24, 2.45) is 4.99 Å². The summed E-state index contributed by atoms with van der Waals surface area (Å²) in [5.41, 5.74) is 2.73. The van der Waals surface area contributed by atoms with Crippen LogP contribution in [-0.4, -0.2) is 49.9 Å². The molecule has 0 saturated heterocycles. The summed E-state index contributed by atoms with van der Waals surface area (Å²) in [6, 6.07) is 17.3. The molecule has 0 saturated carbocycles. The molecule has 0 fully saturated rings. The lowest BCUT2D eigenvalue weighted by atomic mass is 10.1. The molecule has 0 aliphatic rings. The van der Waals surface area contributed by atoms with Gasteiger partial charge in [0.15, 0.2) is 5.96 Å². The number of aliphatic imine (C=N–C) groups is 1. The fraction of sp³-hybridized carbons (Fsp3) is 0.348. The van der Waals surface area contributed by atoms with Gasteiger partial charge in [-0.1, -0.05) is 42.5 Å². The summed E-state index contributed by atoms with van der Waals surface area (Å²) in [6.45, 7) is 4.21. The van der Waals surface area contributed by atoms with Crippen LogP contribution in [0, 0.1) is 0 Å². The Morgan fingerprint density at radius 1 is 0.903 bits per heavy atom. The zero-order chi connectivity index (χ0) is 21.8. The van der Waals surface area contributed by atoms with Crippen LogP contribution in [-0.2, 0) is 17.9 Å². The number of halogens is 1. The number of nitrogens with zero attached hydrogens (tertiary/aromatic N) is 2. The van der Waals surface area contributed by atoms with Gasteiger partial charge >= 0.3 is 0 Å². The molecule has 2 amide bonds. The number of benzene rings is 2. The van der Waals surface area contributed by atoms with Crippen molar-refractivity contribution in [1.29, 1.82) is 0 Å². The lowest BCUT2D eigenvalue weighted by Gasteiger charge is -2.12. The topological polar surface area (TPSA) is 85.8 Å². The molecule has 2 aromatic carbocycles. The van der Waals surface area contributed by atoms with Gasteiger partial charge in [0.05, 0.1) is 6.54 Å². The van der Waals surface area contributed by atoms with Gasteiger partial charge in [-0.05, 0) is 30.2 Å². The van der Waals surface area contributed by atoms with Crippen LogP contribution in [0.3, 0.4) is 0 Å². The molecule has 0 bridgehead atoms. The van der Waals surface area contributed by atoms with E-state index in [-0.39, 0.29) is 35.8 Å². The molecule has 3 N–H and O–H groups in total. The Balaban J connectivity index is 0.00000480.